The van der Waals surface area contributed by atoms with E-state index >= 15 is 0 Å². The predicted molar refractivity (Wildman–Crippen MR) is 69.0 cm³/mol. The standard InChI is InChI=1S/C13H17N3O2/c1-9-13(17,4-5-18-9)8-16-12-6-10(7-14)2-3-11(12)15/h2-3,6,9,16-17H,4-5,8,15H2,1H3. The van der Waals surface area contributed by atoms with E-state index in [0.29, 0.717) is 36.5 Å². The molecule has 0 amide bonds. The SMILES string of the molecule is CC1OCCC1(O)CNc1cc(C#N)ccc1N. The zero-order valence-electron chi connectivity index (χ0n) is 10.3. The van der Waals surface area contributed by atoms with Crippen LogP contribution in [0, 0.1) is 11.3 Å². The number of nitriles is 1. The molecule has 0 spiro atoms. The third-order valence-corrected chi connectivity index (χ3v) is 3.43. The molecule has 5 heteroatoms. The summed E-state index contributed by atoms with van der Waals surface area (Å²) in [4.78, 5) is 0. The minimum absolute atomic E-state index is 0.203. The lowest BCUT2D eigenvalue weighted by molar-refractivity contribution is -0.0175. The molecule has 1 aliphatic heterocycles. The predicted octanol–water partition coefficient (Wildman–Crippen LogP) is 1.09. The monoisotopic (exact) mass is 247 g/mol. The lowest BCUT2D eigenvalue weighted by Gasteiger charge is -2.27. The van der Waals surface area contributed by atoms with Crippen LogP contribution in [0.1, 0.15) is 18.9 Å². The summed E-state index contributed by atoms with van der Waals surface area (Å²) in [6, 6.07) is 7.08. The number of hydrogen-bond donors (Lipinski definition) is 3. The van der Waals surface area contributed by atoms with Gasteiger partial charge < -0.3 is 20.9 Å². The molecule has 2 rings (SSSR count). The van der Waals surface area contributed by atoms with Crippen molar-refractivity contribution in [3.63, 3.8) is 0 Å². The van der Waals surface area contributed by atoms with Crippen LogP contribution in [0.5, 0.6) is 0 Å². The second-order valence-electron chi connectivity index (χ2n) is 4.63. The molecule has 1 aromatic carbocycles. The van der Waals surface area contributed by atoms with Gasteiger partial charge in [-0.1, -0.05) is 0 Å². The highest BCUT2D eigenvalue weighted by molar-refractivity contribution is 5.68. The molecule has 18 heavy (non-hydrogen) atoms. The van der Waals surface area contributed by atoms with E-state index in [9.17, 15) is 5.11 Å². The molecule has 2 unspecified atom stereocenters. The van der Waals surface area contributed by atoms with Crippen molar-refractivity contribution < 1.29 is 9.84 Å². The summed E-state index contributed by atoms with van der Waals surface area (Å²) in [6.45, 7) is 2.77. The smallest absolute Gasteiger partial charge is 0.110 e. The maximum atomic E-state index is 10.3. The van der Waals surface area contributed by atoms with Crippen LogP contribution >= 0.6 is 0 Å². The van der Waals surface area contributed by atoms with Crippen LogP contribution in [0.15, 0.2) is 18.2 Å². The number of nitrogens with two attached hydrogens (primary N) is 1. The van der Waals surface area contributed by atoms with Crippen molar-refractivity contribution in [1.29, 1.82) is 5.26 Å². The average molecular weight is 247 g/mol. The summed E-state index contributed by atoms with van der Waals surface area (Å²) < 4.78 is 5.36. The van der Waals surface area contributed by atoms with Gasteiger partial charge in [0, 0.05) is 19.6 Å². The lowest BCUT2D eigenvalue weighted by atomic mass is 9.96. The number of nitrogen functional groups attached to an aromatic ring is 1. The van der Waals surface area contributed by atoms with Gasteiger partial charge in [0.25, 0.3) is 0 Å². The number of hydrogen-bond acceptors (Lipinski definition) is 5. The number of anilines is 2. The Balaban J connectivity index is 2.08. The first-order chi connectivity index (χ1) is 8.55. The molecule has 0 bridgehead atoms. The normalized spacial score (nSPS) is 26.8. The van der Waals surface area contributed by atoms with Gasteiger partial charge in [0.15, 0.2) is 0 Å². The Labute approximate surface area is 106 Å². The van der Waals surface area contributed by atoms with Crippen LogP contribution < -0.4 is 11.1 Å². The van der Waals surface area contributed by atoms with Crippen molar-refractivity contribution in [2.24, 2.45) is 0 Å². The second kappa shape index (κ2) is 4.84. The van der Waals surface area contributed by atoms with Crippen LogP contribution in [0.3, 0.4) is 0 Å². The summed E-state index contributed by atoms with van der Waals surface area (Å²) in [6.07, 6.45) is 0.393. The summed E-state index contributed by atoms with van der Waals surface area (Å²) in [7, 11) is 0. The topological polar surface area (TPSA) is 91.3 Å². The molecule has 2 atom stereocenters. The average Bonchev–Trinajstić information content (AvgIpc) is 2.69. The number of nitrogens with zero attached hydrogens (tertiary/aromatic N) is 1. The van der Waals surface area contributed by atoms with E-state index in [1.807, 2.05) is 6.92 Å². The Morgan fingerprint density at radius 3 is 3.06 bits per heavy atom. The summed E-state index contributed by atoms with van der Waals surface area (Å²) >= 11 is 0. The van der Waals surface area contributed by atoms with E-state index in [1.54, 1.807) is 18.2 Å². The third-order valence-electron chi connectivity index (χ3n) is 3.43. The largest absolute Gasteiger partial charge is 0.397 e. The molecular formula is C13H17N3O2. The lowest BCUT2D eigenvalue weighted by Crippen LogP contribution is -2.43. The molecule has 5 nitrogen and oxygen atoms in total. The highest BCUT2D eigenvalue weighted by Crippen LogP contribution is 2.27. The van der Waals surface area contributed by atoms with Crippen LogP contribution in [-0.4, -0.2) is 30.0 Å². The number of aliphatic hydroxyl groups is 1. The first-order valence-electron chi connectivity index (χ1n) is 5.92. The van der Waals surface area contributed by atoms with Crippen LogP contribution in [-0.2, 0) is 4.74 Å². The summed E-state index contributed by atoms with van der Waals surface area (Å²) in [5.74, 6) is 0. The molecule has 1 aromatic rings. The Kier molecular flexibility index (Phi) is 3.41. The fourth-order valence-corrected chi connectivity index (χ4v) is 2.03. The second-order valence-corrected chi connectivity index (χ2v) is 4.63. The van der Waals surface area contributed by atoms with Gasteiger partial charge >= 0.3 is 0 Å². The van der Waals surface area contributed by atoms with Crippen molar-refractivity contribution >= 4 is 11.4 Å². The zero-order chi connectivity index (χ0) is 13.2. The number of benzene rings is 1. The molecule has 96 valence electrons. The number of rotatable bonds is 3. The van der Waals surface area contributed by atoms with Gasteiger partial charge in [0.05, 0.1) is 29.1 Å². The Hall–Kier alpha value is -1.77. The third kappa shape index (κ3) is 2.40. The minimum Gasteiger partial charge on any atom is -0.397 e. The maximum Gasteiger partial charge on any atom is 0.110 e. The summed E-state index contributed by atoms with van der Waals surface area (Å²) in [5.41, 5.74) is 6.71. The molecule has 0 aliphatic carbocycles. The van der Waals surface area contributed by atoms with Gasteiger partial charge in [0.1, 0.15) is 5.60 Å². The van der Waals surface area contributed by atoms with Gasteiger partial charge in [-0.3, -0.25) is 0 Å². The molecule has 1 aliphatic rings. The van der Waals surface area contributed by atoms with Gasteiger partial charge in [0.2, 0.25) is 0 Å². The highest BCUT2D eigenvalue weighted by atomic mass is 16.5. The number of ether oxygens (including phenoxy) is 1. The van der Waals surface area contributed by atoms with Crippen LogP contribution in [0.2, 0.25) is 0 Å². The van der Waals surface area contributed by atoms with E-state index in [2.05, 4.69) is 11.4 Å². The van der Waals surface area contributed by atoms with E-state index in [-0.39, 0.29) is 6.10 Å². The fraction of sp³-hybridized carbons (Fsp3) is 0.462. The van der Waals surface area contributed by atoms with Crippen LogP contribution in [0.4, 0.5) is 11.4 Å². The quantitative estimate of drug-likeness (QED) is 0.695. The maximum absolute atomic E-state index is 10.3. The van der Waals surface area contributed by atoms with E-state index in [4.69, 9.17) is 15.7 Å². The molecule has 4 N–H and O–H groups in total. The van der Waals surface area contributed by atoms with Crippen LogP contribution in [0.25, 0.3) is 0 Å². The molecular weight excluding hydrogens is 230 g/mol. The van der Waals surface area contributed by atoms with E-state index in [1.165, 1.54) is 0 Å². The molecule has 0 aromatic heterocycles. The van der Waals surface area contributed by atoms with Crippen molar-refractivity contribution in [1.82, 2.24) is 0 Å². The van der Waals surface area contributed by atoms with Crippen molar-refractivity contribution in [2.45, 2.75) is 25.0 Å². The highest BCUT2D eigenvalue weighted by Gasteiger charge is 2.39. The molecule has 0 radical (unpaired) electrons. The van der Waals surface area contributed by atoms with Crippen molar-refractivity contribution in [3.05, 3.63) is 23.8 Å². The Morgan fingerprint density at radius 1 is 1.67 bits per heavy atom. The first kappa shape index (κ1) is 12.7. The van der Waals surface area contributed by atoms with E-state index < -0.39 is 5.60 Å². The fourth-order valence-electron chi connectivity index (χ4n) is 2.03. The Bertz CT molecular complexity index is 484. The molecule has 0 saturated carbocycles. The van der Waals surface area contributed by atoms with Gasteiger partial charge in [-0.25, -0.2) is 0 Å². The van der Waals surface area contributed by atoms with E-state index in [0.717, 1.165) is 0 Å². The van der Waals surface area contributed by atoms with Gasteiger partial charge in [-0.05, 0) is 25.1 Å². The minimum atomic E-state index is -0.880. The first-order valence-corrected chi connectivity index (χ1v) is 5.92. The van der Waals surface area contributed by atoms with Crippen molar-refractivity contribution in [3.8, 4) is 6.07 Å². The van der Waals surface area contributed by atoms with Gasteiger partial charge in [-0.2, -0.15) is 5.26 Å². The van der Waals surface area contributed by atoms with Gasteiger partial charge in [-0.15, -0.1) is 0 Å². The van der Waals surface area contributed by atoms with Crippen molar-refractivity contribution in [2.75, 3.05) is 24.2 Å². The molecule has 1 saturated heterocycles. The summed E-state index contributed by atoms with van der Waals surface area (Å²) in [5, 5.41) is 22.3. The number of nitrogens with one attached hydrogen (secondary N) is 1. The molecule has 1 fully saturated rings. The Morgan fingerprint density at radius 2 is 2.44 bits per heavy atom. The molecule has 1 heterocycles. The zero-order valence-corrected chi connectivity index (χ0v) is 10.3.